The molecule has 2 aromatic rings. The number of para-hydroxylation sites is 2. The minimum absolute atomic E-state index is 0.102. The van der Waals surface area contributed by atoms with Crippen LogP contribution in [0.1, 0.15) is 38.9 Å². The van der Waals surface area contributed by atoms with Crippen LogP contribution in [0.25, 0.3) is 11.0 Å². The third kappa shape index (κ3) is 4.55. The summed E-state index contributed by atoms with van der Waals surface area (Å²) in [5.74, 6) is 1.94. The summed E-state index contributed by atoms with van der Waals surface area (Å²) in [6, 6.07) is 8.31. The summed E-state index contributed by atoms with van der Waals surface area (Å²) < 4.78 is 8.11. The molecule has 1 aromatic carbocycles. The summed E-state index contributed by atoms with van der Waals surface area (Å²) in [4.78, 5) is 9.35. The lowest BCUT2D eigenvalue weighted by Crippen LogP contribution is -2.39. The third-order valence-corrected chi connectivity index (χ3v) is 4.91. The molecule has 1 unspecified atom stereocenters. The van der Waals surface area contributed by atoms with Crippen LogP contribution in [0.15, 0.2) is 29.3 Å². The first-order valence-corrected chi connectivity index (χ1v) is 9.69. The predicted octanol–water partition coefficient (Wildman–Crippen LogP) is 2.86. The molecule has 1 aromatic heterocycles. The van der Waals surface area contributed by atoms with Crippen LogP contribution in [0.5, 0.6) is 0 Å². The number of benzene rings is 1. The molecule has 26 heavy (non-hydrogen) atoms. The van der Waals surface area contributed by atoms with Crippen molar-refractivity contribution < 1.29 is 4.74 Å². The molecule has 1 saturated heterocycles. The molecule has 0 aliphatic carbocycles. The molecular formula is C20H31N5O. The number of aromatic nitrogens is 2. The number of aliphatic imine (C=N–C) groups is 1. The summed E-state index contributed by atoms with van der Waals surface area (Å²) in [5.41, 5.74) is 2.17. The monoisotopic (exact) mass is 357 g/mol. The molecule has 0 bridgehead atoms. The van der Waals surface area contributed by atoms with Gasteiger partial charge in [0.05, 0.1) is 23.2 Å². The molecule has 1 aliphatic heterocycles. The molecule has 6 nitrogen and oxygen atoms in total. The van der Waals surface area contributed by atoms with E-state index in [0.29, 0.717) is 6.54 Å². The van der Waals surface area contributed by atoms with Crippen molar-refractivity contribution in [2.45, 2.75) is 52.2 Å². The third-order valence-electron chi connectivity index (χ3n) is 4.91. The van der Waals surface area contributed by atoms with Gasteiger partial charge in [-0.1, -0.05) is 12.1 Å². The molecule has 1 fully saturated rings. The first kappa shape index (κ1) is 18.7. The normalized spacial score (nSPS) is 20.7. The number of nitrogens with one attached hydrogen (secondary N) is 2. The Balaban J connectivity index is 1.52. The van der Waals surface area contributed by atoms with E-state index in [1.165, 1.54) is 5.52 Å². The van der Waals surface area contributed by atoms with Gasteiger partial charge in [-0.05, 0) is 52.2 Å². The minimum Gasteiger partial charge on any atom is -0.373 e. The van der Waals surface area contributed by atoms with Crippen LogP contribution < -0.4 is 10.6 Å². The van der Waals surface area contributed by atoms with Gasteiger partial charge in [0, 0.05) is 26.2 Å². The van der Waals surface area contributed by atoms with Crippen LogP contribution >= 0.6 is 0 Å². The van der Waals surface area contributed by atoms with Gasteiger partial charge in [-0.25, -0.2) is 4.98 Å². The fraction of sp³-hybridized carbons (Fsp3) is 0.600. The van der Waals surface area contributed by atoms with E-state index >= 15 is 0 Å². The standard InChI is InChI=1S/C20H31N5O/c1-4-21-19(23-15-20(3)11-7-14-26-20)22-12-8-13-25-16(2)24-17-9-5-6-10-18(17)25/h5-6,9-10H,4,7-8,11-15H2,1-3H3,(H2,21,22,23). The number of guanidine groups is 1. The SMILES string of the molecule is CCNC(=NCC1(C)CCCO1)NCCCn1c(C)nc2ccccc21. The van der Waals surface area contributed by atoms with E-state index in [4.69, 9.17) is 9.73 Å². The van der Waals surface area contributed by atoms with Crippen LogP contribution in [0.3, 0.4) is 0 Å². The summed E-state index contributed by atoms with van der Waals surface area (Å²) >= 11 is 0. The van der Waals surface area contributed by atoms with Gasteiger partial charge < -0.3 is 19.9 Å². The molecule has 0 saturated carbocycles. The number of aryl methyl sites for hydroxylation is 2. The lowest BCUT2D eigenvalue weighted by Gasteiger charge is -2.21. The van der Waals surface area contributed by atoms with Crippen molar-refractivity contribution in [3.63, 3.8) is 0 Å². The van der Waals surface area contributed by atoms with E-state index in [9.17, 15) is 0 Å². The lowest BCUT2D eigenvalue weighted by molar-refractivity contribution is 0.0283. The summed E-state index contributed by atoms with van der Waals surface area (Å²) in [7, 11) is 0. The second kappa shape index (κ2) is 8.54. The Bertz CT molecular complexity index is 746. The molecular weight excluding hydrogens is 326 g/mol. The maximum atomic E-state index is 5.82. The van der Waals surface area contributed by atoms with Gasteiger partial charge in [-0.3, -0.25) is 4.99 Å². The van der Waals surface area contributed by atoms with Crippen LogP contribution in [0, 0.1) is 6.92 Å². The number of ether oxygens (including phenoxy) is 1. The van der Waals surface area contributed by atoms with Crippen LogP contribution in [0.4, 0.5) is 0 Å². The van der Waals surface area contributed by atoms with Gasteiger partial charge in [0.25, 0.3) is 0 Å². The first-order chi connectivity index (χ1) is 12.6. The number of rotatable bonds is 7. The van der Waals surface area contributed by atoms with Gasteiger partial charge in [-0.15, -0.1) is 0 Å². The van der Waals surface area contributed by atoms with Crippen LogP contribution in [-0.4, -0.2) is 47.4 Å². The fourth-order valence-electron chi connectivity index (χ4n) is 3.47. The molecule has 2 heterocycles. The fourth-order valence-corrected chi connectivity index (χ4v) is 3.47. The van der Waals surface area contributed by atoms with Crippen molar-refractivity contribution in [3.05, 3.63) is 30.1 Å². The van der Waals surface area contributed by atoms with Gasteiger partial charge in [-0.2, -0.15) is 0 Å². The topological polar surface area (TPSA) is 63.5 Å². The summed E-state index contributed by atoms with van der Waals surface area (Å²) in [6.07, 6.45) is 3.23. The molecule has 142 valence electrons. The van der Waals surface area contributed by atoms with Gasteiger partial charge >= 0.3 is 0 Å². The van der Waals surface area contributed by atoms with E-state index in [-0.39, 0.29) is 5.60 Å². The molecule has 6 heteroatoms. The maximum absolute atomic E-state index is 5.82. The van der Waals surface area contributed by atoms with Crippen LogP contribution in [-0.2, 0) is 11.3 Å². The average Bonchev–Trinajstić information content (AvgIpc) is 3.20. The van der Waals surface area contributed by atoms with Crippen molar-refractivity contribution in [1.82, 2.24) is 20.2 Å². The van der Waals surface area contributed by atoms with E-state index in [0.717, 1.165) is 62.8 Å². The number of imidazole rings is 1. The van der Waals surface area contributed by atoms with Crippen LogP contribution in [0.2, 0.25) is 0 Å². The van der Waals surface area contributed by atoms with Crippen molar-refractivity contribution >= 4 is 17.0 Å². The number of hydrogen-bond acceptors (Lipinski definition) is 3. The lowest BCUT2D eigenvalue weighted by atomic mass is 10.0. The Morgan fingerprint density at radius 3 is 2.96 bits per heavy atom. The minimum atomic E-state index is -0.102. The van der Waals surface area contributed by atoms with Crippen molar-refractivity contribution in [1.29, 1.82) is 0 Å². The van der Waals surface area contributed by atoms with Gasteiger partial charge in [0.1, 0.15) is 5.82 Å². The Hall–Kier alpha value is -2.08. The molecule has 0 radical (unpaired) electrons. The first-order valence-electron chi connectivity index (χ1n) is 9.69. The highest BCUT2D eigenvalue weighted by molar-refractivity contribution is 5.79. The second-order valence-electron chi connectivity index (χ2n) is 7.18. The Morgan fingerprint density at radius 1 is 1.35 bits per heavy atom. The average molecular weight is 358 g/mol. The number of nitrogens with zero attached hydrogens (tertiary/aromatic N) is 3. The molecule has 2 N–H and O–H groups in total. The molecule has 0 spiro atoms. The van der Waals surface area contributed by atoms with Gasteiger partial charge in [0.2, 0.25) is 0 Å². The molecule has 3 rings (SSSR count). The molecule has 0 amide bonds. The Labute approximate surface area is 156 Å². The largest absolute Gasteiger partial charge is 0.373 e. The highest BCUT2D eigenvalue weighted by atomic mass is 16.5. The summed E-state index contributed by atoms with van der Waals surface area (Å²) in [6.45, 7) is 10.5. The predicted molar refractivity (Wildman–Crippen MR) is 107 cm³/mol. The van der Waals surface area contributed by atoms with Crippen molar-refractivity contribution in [2.75, 3.05) is 26.2 Å². The van der Waals surface area contributed by atoms with Crippen molar-refractivity contribution in [2.24, 2.45) is 4.99 Å². The van der Waals surface area contributed by atoms with E-state index in [1.807, 2.05) is 6.07 Å². The molecule has 1 atom stereocenters. The number of fused-ring (bicyclic) bond motifs is 1. The zero-order chi connectivity index (χ0) is 18.4. The molecule has 1 aliphatic rings. The number of hydrogen-bond donors (Lipinski definition) is 2. The van der Waals surface area contributed by atoms with E-state index < -0.39 is 0 Å². The second-order valence-corrected chi connectivity index (χ2v) is 7.18. The quantitative estimate of drug-likeness (QED) is 0.454. The smallest absolute Gasteiger partial charge is 0.191 e. The Kier molecular flexibility index (Phi) is 6.14. The summed E-state index contributed by atoms with van der Waals surface area (Å²) in [5, 5.41) is 6.76. The highest BCUT2D eigenvalue weighted by Gasteiger charge is 2.29. The zero-order valence-electron chi connectivity index (χ0n) is 16.2. The van der Waals surface area contributed by atoms with Gasteiger partial charge in [0.15, 0.2) is 5.96 Å². The zero-order valence-corrected chi connectivity index (χ0v) is 16.2. The Morgan fingerprint density at radius 2 is 2.19 bits per heavy atom. The van der Waals surface area contributed by atoms with E-state index in [2.05, 4.69) is 59.2 Å². The van der Waals surface area contributed by atoms with Crippen molar-refractivity contribution in [3.8, 4) is 0 Å². The maximum Gasteiger partial charge on any atom is 0.191 e. The highest BCUT2D eigenvalue weighted by Crippen LogP contribution is 2.25. The van der Waals surface area contributed by atoms with E-state index in [1.54, 1.807) is 0 Å².